The minimum Gasteiger partial charge on any atom is -0.355 e. The lowest BCUT2D eigenvalue weighted by molar-refractivity contribution is -0.171. The maximum atomic E-state index is 12.5. The summed E-state index contributed by atoms with van der Waals surface area (Å²) < 4.78 is 0. The van der Waals surface area contributed by atoms with Crippen LogP contribution in [-0.2, 0) is 19.2 Å². The molecule has 2 aliphatic rings. The summed E-state index contributed by atoms with van der Waals surface area (Å²) in [6, 6.07) is 0.340. The average Bonchev–Trinajstić information content (AvgIpc) is 2.94. The van der Waals surface area contributed by atoms with Crippen molar-refractivity contribution >= 4 is 23.8 Å². The number of nitrogens with one attached hydrogen (secondary N) is 2. The van der Waals surface area contributed by atoms with E-state index in [1.807, 2.05) is 14.1 Å². The lowest BCUT2D eigenvalue weighted by atomic mass is 10.3. The Bertz CT molecular complexity index is 597. The number of rotatable bonds is 7. The Labute approximate surface area is 165 Å². The fourth-order valence-electron chi connectivity index (χ4n) is 3.60. The Balaban J connectivity index is 1.61. The average molecular weight is 407 g/mol. The number of hydroxylamine groups is 2. The van der Waals surface area contributed by atoms with Crippen LogP contribution < -0.4 is 10.6 Å². The van der Waals surface area contributed by atoms with Gasteiger partial charge in [-0.3, -0.25) is 24.2 Å². The van der Waals surface area contributed by atoms with Crippen LogP contribution in [0.1, 0.15) is 39.5 Å². The van der Waals surface area contributed by atoms with Crippen LogP contribution in [0.3, 0.4) is 0 Å². The number of unbranched alkanes of at least 4 members (excludes halogenated alkanes) is 1. The number of likely N-dealkylation sites (N-methyl/N-ethyl adjacent to an activating group) is 2. The molecule has 10 heteroatoms. The van der Waals surface area contributed by atoms with Gasteiger partial charge >= 0.3 is 6.09 Å². The van der Waals surface area contributed by atoms with Gasteiger partial charge in [0.25, 0.3) is 11.8 Å². The second kappa shape index (κ2) is 9.83. The van der Waals surface area contributed by atoms with Gasteiger partial charge in [-0.15, -0.1) is 5.06 Å². The molecule has 28 heavy (non-hydrogen) atoms. The third-order valence-corrected chi connectivity index (χ3v) is 5.44. The van der Waals surface area contributed by atoms with E-state index >= 15 is 0 Å². The van der Waals surface area contributed by atoms with Gasteiger partial charge in [0.15, 0.2) is 0 Å². The van der Waals surface area contributed by atoms with Crippen molar-refractivity contribution < 1.29 is 24.0 Å². The van der Waals surface area contributed by atoms with Crippen LogP contribution in [0.5, 0.6) is 0 Å². The highest BCUT2D eigenvalue weighted by Gasteiger charge is 2.38. The Morgan fingerprint density at radius 1 is 1.04 bits per heavy atom. The van der Waals surface area contributed by atoms with E-state index in [-0.39, 0.29) is 30.8 Å². The Morgan fingerprint density at radius 3 is 2.21 bits per heavy atom. The number of hydrogen-bond acceptors (Lipinski definition) is 7. The molecule has 10 nitrogen and oxygen atoms in total. The molecule has 4 amide bonds. The molecule has 158 valence electrons. The lowest BCUT2D eigenvalue weighted by Crippen LogP contribution is -2.64. The van der Waals surface area contributed by atoms with E-state index in [0.717, 1.165) is 6.54 Å². The number of nitrogens with zero attached hydrogens (tertiary/aromatic N) is 3. The highest BCUT2D eigenvalue weighted by Crippen LogP contribution is 2.18. The number of hydrogen-bond donors (Lipinski definition) is 2. The smallest absolute Gasteiger partial charge is 0.355 e. The quantitative estimate of drug-likeness (QED) is 0.258. The van der Waals surface area contributed by atoms with Crippen LogP contribution in [0.2, 0.25) is 0 Å². The van der Waals surface area contributed by atoms with Gasteiger partial charge in [0.1, 0.15) is 6.04 Å². The molecule has 0 aromatic carbocycles. The Morgan fingerprint density at radius 2 is 1.61 bits per heavy atom. The van der Waals surface area contributed by atoms with E-state index in [1.54, 1.807) is 0 Å². The van der Waals surface area contributed by atoms with E-state index in [2.05, 4.69) is 34.3 Å². The van der Waals surface area contributed by atoms with Crippen LogP contribution >= 0.6 is 0 Å². The van der Waals surface area contributed by atoms with Crippen molar-refractivity contribution in [1.29, 1.82) is 0 Å². The first-order valence-corrected chi connectivity index (χ1v) is 9.73. The van der Waals surface area contributed by atoms with Gasteiger partial charge in [0.05, 0.1) is 0 Å². The molecule has 2 aliphatic heterocycles. The molecule has 3 atom stereocenters. The van der Waals surface area contributed by atoms with Crippen LogP contribution in [0.15, 0.2) is 0 Å². The van der Waals surface area contributed by atoms with Crippen molar-refractivity contribution in [3.8, 4) is 0 Å². The molecule has 0 aromatic heterocycles. The van der Waals surface area contributed by atoms with Crippen molar-refractivity contribution in [3.63, 3.8) is 0 Å². The van der Waals surface area contributed by atoms with Crippen LogP contribution in [0.25, 0.3) is 0 Å². The molecule has 2 rings (SSSR count). The third-order valence-electron chi connectivity index (χ3n) is 5.44. The molecule has 2 N–H and O–H groups in total. The summed E-state index contributed by atoms with van der Waals surface area (Å²) >= 11 is 0. The number of carbonyl (C=O) groups is 4. The fourth-order valence-corrected chi connectivity index (χ4v) is 3.60. The van der Waals surface area contributed by atoms with Crippen LogP contribution in [0, 0.1) is 0 Å². The number of carbonyl (C=O) groups excluding carboxylic acids is 4. The van der Waals surface area contributed by atoms with Crippen molar-refractivity contribution in [1.82, 2.24) is 25.5 Å². The van der Waals surface area contributed by atoms with Crippen molar-refractivity contribution in [3.05, 3.63) is 0 Å². The minimum absolute atomic E-state index is 0.00665. The van der Waals surface area contributed by atoms with Gasteiger partial charge in [0.2, 0.25) is 5.91 Å². The largest absolute Gasteiger partial charge is 0.432 e. The lowest BCUT2D eigenvalue weighted by Gasteiger charge is -2.46. The minimum atomic E-state index is -0.831. The molecule has 0 bridgehead atoms. The molecule has 3 unspecified atom stereocenters. The molecule has 0 radical (unpaired) electrons. The highest BCUT2D eigenvalue weighted by atomic mass is 16.8. The van der Waals surface area contributed by atoms with Crippen LogP contribution in [-0.4, -0.2) is 90.5 Å². The number of amides is 4. The maximum absolute atomic E-state index is 12.5. The van der Waals surface area contributed by atoms with E-state index in [0.29, 0.717) is 37.0 Å². The zero-order chi connectivity index (χ0) is 20.8. The summed E-state index contributed by atoms with van der Waals surface area (Å²) in [6.07, 6.45) is 0.613. The first kappa shape index (κ1) is 22.1. The van der Waals surface area contributed by atoms with Gasteiger partial charge in [0, 0.05) is 44.6 Å². The van der Waals surface area contributed by atoms with E-state index in [1.165, 1.54) is 0 Å². The topological polar surface area (TPSA) is 111 Å². The summed E-state index contributed by atoms with van der Waals surface area (Å²) in [6.45, 7) is 5.88. The summed E-state index contributed by atoms with van der Waals surface area (Å²) in [4.78, 5) is 55.9. The van der Waals surface area contributed by atoms with Crippen molar-refractivity contribution in [2.75, 3.05) is 33.7 Å². The highest BCUT2D eigenvalue weighted by molar-refractivity contribution is 6.01. The predicted molar refractivity (Wildman–Crippen MR) is 101 cm³/mol. The van der Waals surface area contributed by atoms with Gasteiger partial charge < -0.3 is 15.5 Å². The first-order chi connectivity index (χ1) is 13.2. The van der Waals surface area contributed by atoms with Gasteiger partial charge in [-0.05, 0) is 40.8 Å². The molecular formula is C18H31N5O5. The predicted octanol–water partition coefficient (Wildman–Crippen LogP) is -0.304. The van der Waals surface area contributed by atoms with Gasteiger partial charge in [-0.1, -0.05) is 0 Å². The fraction of sp³-hybridized carbons (Fsp3) is 0.778. The van der Waals surface area contributed by atoms with Crippen LogP contribution in [0.4, 0.5) is 4.79 Å². The zero-order valence-electron chi connectivity index (χ0n) is 17.1. The molecule has 0 aromatic rings. The first-order valence-electron chi connectivity index (χ1n) is 9.73. The standard InChI is InChI=1S/C18H31N5O5/c1-12-11-21(3)16(13(2)22(12)4)17(26)19-9-5-6-10-20-18(27)28-23-14(24)7-8-15(23)25/h12-13,16H,5-11H2,1-4H3,(H,19,26)(H,20,27)/i1+1,3+1,4+1,11+1,12+1,16+1,18+1,19+1,20+1,22+1. The molecule has 0 saturated carbocycles. The van der Waals surface area contributed by atoms with Crippen molar-refractivity contribution in [2.24, 2.45) is 0 Å². The second-order valence-corrected chi connectivity index (χ2v) is 7.53. The van der Waals surface area contributed by atoms with Gasteiger partial charge in [-0.25, -0.2) is 4.79 Å². The zero-order valence-corrected chi connectivity index (χ0v) is 17.1. The molecule has 2 heterocycles. The molecular weight excluding hydrogens is 376 g/mol. The monoisotopic (exact) mass is 407 g/mol. The molecule has 0 aliphatic carbocycles. The van der Waals surface area contributed by atoms with E-state index in [9.17, 15) is 19.2 Å². The summed E-state index contributed by atoms with van der Waals surface area (Å²) in [5, 5.41) is 5.96. The molecule has 2 saturated heterocycles. The summed E-state index contributed by atoms with van der Waals surface area (Å²) in [5.41, 5.74) is 0. The van der Waals surface area contributed by atoms with E-state index < -0.39 is 17.9 Å². The number of imide groups is 1. The maximum Gasteiger partial charge on any atom is 0.432 e. The number of piperazine rings is 1. The molecule has 0 spiro atoms. The van der Waals surface area contributed by atoms with E-state index in [4.69, 9.17) is 4.84 Å². The third kappa shape index (κ3) is 5.41. The summed E-state index contributed by atoms with van der Waals surface area (Å²) in [5.74, 6) is -1.01. The van der Waals surface area contributed by atoms with Gasteiger partial charge in [-0.2, -0.15) is 0 Å². The second-order valence-electron chi connectivity index (χ2n) is 7.53. The molecule has 2 fully saturated rings. The summed E-state index contributed by atoms with van der Waals surface area (Å²) in [7, 11) is 4.01. The Hall–Kier alpha value is -2.20. The normalized spacial score (nSPS) is 26.4. The SMILES string of the molecule is CC1[13CH](C(=O)[15NH]CCCC[15NH][13C](=O)ON2C(=O)CCC2=O)N([13CH3])[13CH2][13CH]([13CH3])[15N]1[13CH3]. The Kier molecular flexibility index (Phi) is 7.76. The van der Waals surface area contributed by atoms with Crippen molar-refractivity contribution in [2.45, 2.75) is 57.7 Å².